The lowest BCUT2D eigenvalue weighted by atomic mass is 10.1. The minimum Gasteiger partial charge on any atom is -0.464 e. The molecule has 0 atom stereocenters. The van der Waals surface area contributed by atoms with Crippen molar-refractivity contribution in [1.82, 2.24) is 15.0 Å². The molecule has 5 heteroatoms. The van der Waals surface area contributed by atoms with Crippen LogP contribution in [-0.4, -0.2) is 28.0 Å². The third-order valence-electron chi connectivity index (χ3n) is 2.06. The van der Waals surface area contributed by atoms with Crippen LogP contribution in [0, 0.1) is 0 Å². The van der Waals surface area contributed by atoms with Gasteiger partial charge in [-0.05, 0) is 6.07 Å². The lowest BCUT2D eigenvalue weighted by Gasteiger charge is -2.05. The largest absolute Gasteiger partial charge is 0.464 e. The highest BCUT2D eigenvalue weighted by Gasteiger charge is 2.14. The van der Waals surface area contributed by atoms with Gasteiger partial charge >= 0.3 is 5.97 Å². The van der Waals surface area contributed by atoms with Crippen molar-refractivity contribution in [2.75, 3.05) is 7.11 Å². The summed E-state index contributed by atoms with van der Waals surface area (Å²) in [7, 11) is 1.32. The van der Waals surface area contributed by atoms with Gasteiger partial charge in [0.15, 0.2) is 5.69 Å². The van der Waals surface area contributed by atoms with E-state index in [1.165, 1.54) is 13.4 Å². The number of aromatic nitrogens is 3. The molecule has 2 rings (SSSR count). The standard InChI is InChI=1S/C11H9N3O2/c1-16-11(15)10-9(3-2-4-14-10)8-5-12-7-13-6-8/h2-7H,1H3. The van der Waals surface area contributed by atoms with Gasteiger partial charge in [0.25, 0.3) is 0 Å². The summed E-state index contributed by atoms with van der Waals surface area (Å²) in [5, 5.41) is 0. The molecule has 16 heavy (non-hydrogen) atoms. The maximum atomic E-state index is 11.5. The molecule has 5 nitrogen and oxygen atoms in total. The summed E-state index contributed by atoms with van der Waals surface area (Å²) in [6, 6.07) is 3.52. The van der Waals surface area contributed by atoms with E-state index in [1.807, 2.05) is 0 Å². The predicted molar refractivity (Wildman–Crippen MR) is 56.6 cm³/mol. The maximum absolute atomic E-state index is 11.5. The second-order valence-electron chi connectivity index (χ2n) is 3.02. The summed E-state index contributed by atoms with van der Waals surface area (Å²) < 4.78 is 4.66. The fraction of sp³-hybridized carbons (Fsp3) is 0.0909. The van der Waals surface area contributed by atoms with Gasteiger partial charge in [0.2, 0.25) is 0 Å². The first kappa shape index (κ1) is 10.2. The zero-order chi connectivity index (χ0) is 11.4. The number of pyridine rings is 1. The highest BCUT2D eigenvalue weighted by atomic mass is 16.5. The Hall–Kier alpha value is -2.30. The van der Waals surface area contributed by atoms with Crippen molar-refractivity contribution in [1.29, 1.82) is 0 Å². The number of carbonyl (C=O) groups is 1. The van der Waals surface area contributed by atoms with Gasteiger partial charge in [0, 0.05) is 29.7 Å². The molecule has 0 fully saturated rings. The lowest BCUT2D eigenvalue weighted by Crippen LogP contribution is -2.06. The van der Waals surface area contributed by atoms with Crippen LogP contribution < -0.4 is 0 Å². The molecular formula is C11H9N3O2. The third kappa shape index (κ3) is 1.88. The zero-order valence-corrected chi connectivity index (χ0v) is 8.62. The molecule has 0 aliphatic rings. The quantitative estimate of drug-likeness (QED) is 0.707. The molecule has 0 unspecified atom stereocenters. The van der Waals surface area contributed by atoms with E-state index in [1.54, 1.807) is 30.7 Å². The average Bonchev–Trinajstić information content (AvgIpc) is 2.39. The number of hydrogen-bond donors (Lipinski definition) is 0. The normalized spacial score (nSPS) is 9.81. The summed E-state index contributed by atoms with van der Waals surface area (Å²) in [4.78, 5) is 23.3. The van der Waals surface area contributed by atoms with E-state index in [2.05, 4.69) is 19.7 Å². The van der Waals surface area contributed by atoms with E-state index >= 15 is 0 Å². The van der Waals surface area contributed by atoms with E-state index in [9.17, 15) is 4.79 Å². The fourth-order valence-corrected chi connectivity index (χ4v) is 1.34. The summed E-state index contributed by atoms with van der Waals surface area (Å²) in [6.07, 6.45) is 6.21. The Balaban J connectivity index is 2.53. The first-order valence-corrected chi connectivity index (χ1v) is 4.61. The molecule has 0 N–H and O–H groups in total. The fourth-order valence-electron chi connectivity index (χ4n) is 1.34. The van der Waals surface area contributed by atoms with Gasteiger partial charge in [-0.1, -0.05) is 6.07 Å². The minimum absolute atomic E-state index is 0.264. The van der Waals surface area contributed by atoms with E-state index < -0.39 is 5.97 Å². The van der Waals surface area contributed by atoms with Crippen molar-refractivity contribution in [2.24, 2.45) is 0 Å². The van der Waals surface area contributed by atoms with Gasteiger partial charge in [-0.3, -0.25) is 0 Å². The molecule has 0 bridgehead atoms. The van der Waals surface area contributed by atoms with Crippen molar-refractivity contribution in [3.05, 3.63) is 42.7 Å². The zero-order valence-electron chi connectivity index (χ0n) is 8.62. The Morgan fingerprint density at radius 3 is 2.75 bits per heavy atom. The molecule has 0 spiro atoms. The number of nitrogens with zero attached hydrogens (tertiary/aromatic N) is 3. The molecule has 2 heterocycles. The molecule has 0 radical (unpaired) electrons. The maximum Gasteiger partial charge on any atom is 0.357 e. The Morgan fingerprint density at radius 1 is 1.31 bits per heavy atom. The molecule has 0 aromatic carbocycles. The first-order chi connectivity index (χ1) is 7.83. The second kappa shape index (κ2) is 4.48. The van der Waals surface area contributed by atoms with Crippen molar-refractivity contribution in [2.45, 2.75) is 0 Å². The van der Waals surface area contributed by atoms with Crippen LogP contribution in [-0.2, 0) is 4.74 Å². The van der Waals surface area contributed by atoms with E-state index in [0.29, 0.717) is 5.56 Å². The van der Waals surface area contributed by atoms with Crippen molar-refractivity contribution >= 4 is 5.97 Å². The van der Waals surface area contributed by atoms with Gasteiger partial charge in [0.05, 0.1) is 7.11 Å². The van der Waals surface area contributed by atoms with Crippen LogP contribution in [0.1, 0.15) is 10.5 Å². The van der Waals surface area contributed by atoms with E-state index in [4.69, 9.17) is 0 Å². The first-order valence-electron chi connectivity index (χ1n) is 4.61. The van der Waals surface area contributed by atoms with Crippen molar-refractivity contribution in [3.8, 4) is 11.1 Å². The lowest BCUT2D eigenvalue weighted by molar-refractivity contribution is 0.0595. The topological polar surface area (TPSA) is 65.0 Å². The number of hydrogen-bond acceptors (Lipinski definition) is 5. The molecule has 80 valence electrons. The second-order valence-corrected chi connectivity index (χ2v) is 3.02. The number of esters is 1. The van der Waals surface area contributed by atoms with Crippen LogP contribution in [0.4, 0.5) is 0 Å². The monoisotopic (exact) mass is 215 g/mol. The van der Waals surface area contributed by atoms with E-state index in [0.717, 1.165) is 5.56 Å². The number of ether oxygens (including phenoxy) is 1. The molecule has 0 amide bonds. The summed E-state index contributed by atoms with van der Waals surface area (Å²) in [5.41, 5.74) is 1.66. The molecule has 2 aromatic rings. The van der Waals surface area contributed by atoms with Crippen LogP contribution in [0.2, 0.25) is 0 Å². The van der Waals surface area contributed by atoms with Crippen LogP contribution in [0.15, 0.2) is 37.1 Å². The summed E-state index contributed by atoms with van der Waals surface area (Å²) >= 11 is 0. The van der Waals surface area contributed by atoms with Crippen LogP contribution in [0.5, 0.6) is 0 Å². The van der Waals surface area contributed by atoms with E-state index in [-0.39, 0.29) is 5.69 Å². The predicted octanol–water partition coefficient (Wildman–Crippen LogP) is 1.33. The number of methoxy groups -OCH3 is 1. The highest BCUT2D eigenvalue weighted by Crippen LogP contribution is 2.20. The minimum atomic E-state index is -0.473. The molecule has 0 aliphatic heterocycles. The number of rotatable bonds is 2. The Bertz CT molecular complexity index is 500. The van der Waals surface area contributed by atoms with Gasteiger partial charge in [-0.2, -0.15) is 0 Å². The molecule has 0 saturated carbocycles. The molecule has 0 aliphatic carbocycles. The van der Waals surface area contributed by atoms with Gasteiger partial charge in [-0.15, -0.1) is 0 Å². The van der Waals surface area contributed by atoms with Crippen molar-refractivity contribution < 1.29 is 9.53 Å². The van der Waals surface area contributed by atoms with Gasteiger partial charge < -0.3 is 4.74 Å². The van der Waals surface area contributed by atoms with Crippen molar-refractivity contribution in [3.63, 3.8) is 0 Å². The average molecular weight is 215 g/mol. The smallest absolute Gasteiger partial charge is 0.357 e. The third-order valence-corrected chi connectivity index (χ3v) is 2.06. The Kier molecular flexibility index (Phi) is 2.86. The molecular weight excluding hydrogens is 206 g/mol. The molecule has 2 aromatic heterocycles. The SMILES string of the molecule is COC(=O)c1ncccc1-c1cncnc1. The Morgan fingerprint density at radius 2 is 2.06 bits per heavy atom. The summed E-state index contributed by atoms with van der Waals surface area (Å²) in [5.74, 6) is -0.473. The van der Waals surface area contributed by atoms with Gasteiger partial charge in [-0.25, -0.2) is 19.7 Å². The highest BCUT2D eigenvalue weighted by molar-refractivity contribution is 5.94. The van der Waals surface area contributed by atoms with Crippen LogP contribution in [0.25, 0.3) is 11.1 Å². The Labute approximate surface area is 92.2 Å². The summed E-state index contributed by atoms with van der Waals surface area (Å²) in [6.45, 7) is 0. The molecule has 0 saturated heterocycles. The number of carbonyl (C=O) groups excluding carboxylic acids is 1. The van der Waals surface area contributed by atoms with Crippen LogP contribution in [0.3, 0.4) is 0 Å². The van der Waals surface area contributed by atoms with Gasteiger partial charge in [0.1, 0.15) is 6.33 Å². The van der Waals surface area contributed by atoms with Crippen LogP contribution >= 0.6 is 0 Å².